The lowest BCUT2D eigenvalue weighted by atomic mass is 10.0. The maximum absolute atomic E-state index is 12.3. The molecular formula is C24H30N4O3. The molecule has 7 nitrogen and oxygen atoms in total. The van der Waals surface area contributed by atoms with Crippen molar-refractivity contribution < 1.29 is 14.3 Å². The quantitative estimate of drug-likeness (QED) is 0.779. The van der Waals surface area contributed by atoms with Gasteiger partial charge in [0.2, 0.25) is 0 Å². The van der Waals surface area contributed by atoms with Crippen molar-refractivity contribution in [2.24, 2.45) is 10.7 Å². The van der Waals surface area contributed by atoms with Crippen LogP contribution in [0.1, 0.15) is 39.2 Å². The van der Waals surface area contributed by atoms with E-state index in [1.807, 2.05) is 69.3 Å². The summed E-state index contributed by atoms with van der Waals surface area (Å²) in [7, 11) is 0. The number of carbonyl (C=O) groups excluding carboxylic acids is 1. The van der Waals surface area contributed by atoms with Crippen LogP contribution in [-0.2, 0) is 11.3 Å². The molecule has 1 amide bonds. The van der Waals surface area contributed by atoms with E-state index in [1.165, 1.54) is 0 Å². The van der Waals surface area contributed by atoms with E-state index in [0.29, 0.717) is 25.6 Å². The number of nitrogens with zero attached hydrogens (tertiary/aromatic N) is 3. The van der Waals surface area contributed by atoms with Crippen LogP contribution in [-0.4, -0.2) is 46.6 Å². The number of para-hydroxylation sites is 1. The lowest BCUT2D eigenvalue weighted by Crippen LogP contribution is -2.51. The molecule has 1 saturated heterocycles. The third-order valence-corrected chi connectivity index (χ3v) is 5.46. The molecule has 2 aliphatic rings. The molecule has 4 rings (SSSR count). The largest absolute Gasteiger partial charge is 0.457 e. The molecule has 0 radical (unpaired) electrons. The molecule has 0 saturated carbocycles. The summed E-state index contributed by atoms with van der Waals surface area (Å²) < 4.78 is 11.5. The van der Waals surface area contributed by atoms with Crippen LogP contribution in [0.5, 0.6) is 11.5 Å². The number of rotatable bonds is 3. The van der Waals surface area contributed by atoms with Gasteiger partial charge in [0.25, 0.3) is 0 Å². The monoisotopic (exact) mass is 422 g/mol. The van der Waals surface area contributed by atoms with Crippen LogP contribution in [0.2, 0.25) is 0 Å². The first-order chi connectivity index (χ1) is 14.8. The summed E-state index contributed by atoms with van der Waals surface area (Å²) in [6.45, 7) is 7.62. The predicted molar refractivity (Wildman–Crippen MR) is 121 cm³/mol. The zero-order valence-electron chi connectivity index (χ0n) is 18.4. The Morgan fingerprint density at radius 1 is 1.06 bits per heavy atom. The molecule has 2 aromatic carbocycles. The van der Waals surface area contributed by atoms with Gasteiger partial charge in [-0.15, -0.1) is 0 Å². The minimum absolute atomic E-state index is 0.231. The lowest BCUT2D eigenvalue weighted by Gasteiger charge is -2.40. The standard InChI is InChI=1S/C24H30N4O3/c1-24(2,3)31-23(29)27-13-11-18(12-14-27)28-16-17-15-20(9-10-21(17)26-22(28)25)30-19-7-5-4-6-8-19/h4-10,15,18H,11-14,16H2,1-3H3,(H2,25,26). The van der Waals surface area contributed by atoms with Crippen molar-refractivity contribution in [1.82, 2.24) is 9.80 Å². The average Bonchev–Trinajstić information content (AvgIpc) is 2.73. The number of carbonyl (C=O) groups is 1. The maximum Gasteiger partial charge on any atom is 0.410 e. The number of hydrogen-bond acceptors (Lipinski definition) is 6. The third-order valence-electron chi connectivity index (χ3n) is 5.46. The number of likely N-dealkylation sites (tertiary alicyclic amines) is 1. The molecule has 0 spiro atoms. The molecule has 1 fully saturated rings. The molecule has 164 valence electrons. The van der Waals surface area contributed by atoms with Crippen LogP contribution in [0, 0.1) is 0 Å². The van der Waals surface area contributed by atoms with Gasteiger partial charge in [-0.1, -0.05) is 18.2 Å². The Morgan fingerprint density at radius 3 is 2.45 bits per heavy atom. The van der Waals surface area contributed by atoms with Gasteiger partial charge >= 0.3 is 6.09 Å². The van der Waals surface area contributed by atoms with E-state index in [0.717, 1.165) is 35.6 Å². The van der Waals surface area contributed by atoms with Crippen molar-refractivity contribution in [1.29, 1.82) is 0 Å². The maximum atomic E-state index is 12.3. The molecule has 2 N–H and O–H groups in total. The minimum Gasteiger partial charge on any atom is -0.457 e. The minimum atomic E-state index is -0.485. The first-order valence-corrected chi connectivity index (χ1v) is 10.7. The molecular weight excluding hydrogens is 392 g/mol. The van der Waals surface area contributed by atoms with Gasteiger partial charge in [-0.05, 0) is 63.9 Å². The Hall–Kier alpha value is -3.22. The molecule has 2 heterocycles. The lowest BCUT2D eigenvalue weighted by molar-refractivity contribution is 0.0170. The highest BCUT2D eigenvalue weighted by molar-refractivity contribution is 5.84. The summed E-state index contributed by atoms with van der Waals surface area (Å²) in [5.41, 5.74) is 7.77. The van der Waals surface area contributed by atoms with E-state index >= 15 is 0 Å². The molecule has 0 aromatic heterocycles. The van der Waals surface area contributed by atoms with E-state index in [9.17, 15) is 4.79 Å². The first-order valence-electron chi connectivity index (χ1n) is 10.7. The fourth-order valence-corrected chi connectivity index (χ4v) is 3.94. The van der Waals surface area contributed by atoms with Crippen LogP contribution in [0.4, 0.5) is 10.5 Å². The third kappa shape index (κ3) is 5.10. The molecule has 2 aromatic rings. The highest BCUT2D eigenvalue weighted by Crippen LogP contribution is 2.33. The molecule has 0 bridgehead atoms. The summed E-state index contributed by atoms with van der Waals surface area (Å²) in [5.74, 6) is 2.10. The SMILES string of the molecule is CC(C)(C)OC(=O)N1CCC(N2Cc3cc(Oc4ccccc4)ccc3N=C2N)CC1. The smallest absolute Gasteiger partial charge is 0.410 e. The van der Waals surface area contributed by atoms with E-state index in [-0.39, 0.29) is 12.1 Å². The second-order valence-corrected chi connectivity index (χ2v) is 9.00. The molecule has 2 aliphatic heterocycles. The molecule has 0 aliphatic carbocycles. The Kier molecular flexibility index (Phi) is 5.76. The van der Waals surface area contributed by atoms with E-state index in [1.54, 1.807) is 4.90 Å². The molecule has 0 unspecified atom stereocenters. The van der Waals surface area contributed by atoms with Crippen molar-refractivity contribution in [3.8, 4) is 11.5 Å². The van der Waals surface area contributed by atoms with Gasteiger partial charge < -0.3 is 25.0 Å². The molecule has 0 atom stereocenters. The van der Waals surface area contributed by atoms with E-state index in [2.05, 4.69) is 9.89 Å². The van der Waals surface area contributed by atoms with Gasteiger partial charge in [-0.25, -0.2) is 9.79 Å². The van der Waals surface area contributed by atoms with Gasteiger partial charge in [0.05, 0.1) is 5.69 Å². The van der Waals surface area contributed by atoms with Gasteiger partial charge in [0.15, 0.2) is 5.96 Å². The summed E-state index contributed by atoms with van der Waals surface area (Å²) >= 11 is 0. The van der Waals surface area contributed by atoms with Crippen molar-refractivity contribution in [3.05, 3.63) is 54.1 Å². The van der Waals surface area contributed by atoms with Gasteiger partial charge in [-0.3, -0.25) is 0 Å². The number of benzene rings is 2. The fourth-order valence-electron chi connectivity index (χ4n) is 3.94. The van der Waals surface area contributed by atoms with Gasteiger partial charge in [0, 0.05) is 31.2 Å². The zero-order chi connectivity index (χ0) is 22.0. The topological polar surface area (TPSA) is 80.4 Å². The zero-order valence-corrected chi connectivity index (χ0v) is 18.4. The number of nitrogens with two attached hydrogens (primary N) is 1. The summed E-state index contributed by atoms with van der Waals surface area (Å²) in [6, 6.07) is 15.8. The number of guanidine groups is 1. The molecule has 7 heteroatoms. The predicted octanol–water partition coefficient (Wildman–Crippen LogP) is 4.64. The Morgan fingerprint density at radius 2 is 1.77 bits per heavy atom. The Bertz CT molecular complexity index is 961. The van der Waals surface area contributed by atoms with Crippen molar-refractivity contribution in [2.75, 3.05) is 13.1 Å². The number of amides is 1. The number of ether oxygens (including phenoxy) is 2. The van der Waals surface area contributed by atoms with Crippen LogP contribution in [0.15, 0.2) is 53.5 Å². The average molecular weight is 423 g/mol. The summed E-state index contributed by atoms with van der Waals surface area (Å²) in [6.07, 6.45) is 1.40. The normalized spacial score (nSPS) is 17.1. The highest BCUT2D eigenvalue weighted by atomic mass is 16.6. The summed E-state index contributed by atoms with van der Waals surface area (Å²) in [4.78, 5) is 20.9. The van der Waals surface area contributed by atoms with Crippen molar-refractivity contribution in [2.45, 2.75) is 51.8 Å². The van der Waals surface area contributed by atoms with Gasteiger partial charge in [-0.2, -0.15) is 0 Å². The molecule has 31 heavy (non-hydrogen) atoms. The highest BCUT2D eigenvalue weighted by Gasteiger charge is 2.32. The van der Waals surface area contributed by atoms with Crippen LogP contribution in [0.3, 0.4) is 0 Å². The first kappa shape index (κ1) is 21.0. The van der Waals surface area contributed by atoms with E-state index in [4.69, 9.17) is 15.2 Å². The fraction of sp³-hybridized carbons (Fsp3) is 0.417. The van der Waals surface area contributed by atoms with E-state index < -0.39 is 5.60 Å². The van der Waals surface area contributed by atoms with Crippen molar-refractivity contribution in [3.63, 3.8) is 0 Å². The summed E-state index contributed by atoms with van der Waals surface area (Å²) in [5, 5.41) is 0. The second kappa shape index (κ2) is 8.49. The number of fused-ring (bicyclic) bond motifs is 1. The van der Waals surface area contributed by atoms with Crippen LogP contribution in [0.25, 0.3) is 0 Å². The number of aliphatic imine (C=N–C) groups is 1. The van der Waals surface area contributed by atoms with Crippen molar-refractivity contribution >= 4 is 17.7 Å². The Labute approximate surface area is 183 Å². The van der Waals surface area contributed by atoms with Crippen LogP contribution < -0.4 is 10.5 Å². The number of piperidine rings is 1. The Balaban J connectivity index is 1.41. The van der Waals surface area contributed by atoms with Gasteiger partial charge in [0.1, 0.15) is 17.1 Å². The number of hydrogen-bond donors (Lipinski definition) is 1. The second-order valence-electron chi connectivity index (χ2n) is 9.00. The van der Waals surface area contributed by atoms with Crippen LogP contribution >= 0.6 is 0 Å².